The van der Waals surface area contributed by atoms with Crippen LogP contribution in [0.5, 0.6) is 5.75 Å². The predicted octanol–water partition coefficient (Wildman–Crippen LogP) is 2.25. The van der Waals surface area contributed by atoms with E-state index in [1.807, 2.05) is 0 Å². The van der Waals surface area contributed by atoms with Gasteiger partial charge in [0.05, 0.1) is 13.0 Å². The van der Waals surface area contributed by atoms with Crippen molar-refractivity contribution in [2.45, 2.75) is 12.3 Å². The van der Waals surface area contributed by atoms with E-state index in [1.165, 1.54) is 0 Å². The monoisotopic (exact) mass is 251 g/mol. The van der Waals surface area contributed by atoms with Gasteiger partial charge in [-0.3, -0.25) is 0 Å². The molecule has 0 saturated heterocycles. The quantitative estimate of drug-likeness (QED) is 0.661. The Morgan fingerprint density at radius 3 is 2.75 bits per heavy atom. The van der Waals surface area contributed by atoms with Gasteiger partial charge in [0.1, 0.15) is 17.1 Å². The lowest BCUT2D eigenvalue weighted by molar-refractivity contribution is 0.0592. The lowest BCUT2D eigenvalue weighted by atomic mass is 10.2. The Balaban J connectivity index is 3.34. The third kappa shape index (κ3) is 2.38. The van der Waals surface area contributed by atoms with Gasteiger partial charge in [0.2, 0.25) is 0 Å². The van der Waals surface area contributed by atoms with Crippen molar-refractivity contribution in [2.75, 3.05) is 7.11 Å². The van der Waals surface area contributed by atoms with Crippen molar-refractivity contribution in [3.63, 3.8) is 0 Å². The summed E-state index contributed by atoms with van der Waals surface area (Å²) in [5.74, 6) is -1.77. The molecular weight excluding hydrogens is 244 g/mol. The van der Waals surface area contributed by atoms with E-state index in [-0.39, 0.29) is 17.1 Å². The van der Waals surface area contributed by atoms with E-state index in [2.05, 4.69) is 9.72 Å². The second-order valence-corrected chi connectivity index (χ2v) is 3.09. The summed E-state index contributed by atoms with van der Waals surface area (Å²) >= 11 is 5.44. The number of aromatic hydroxyl groups is 1. The van der Waals surface area contributed by atoms with Gasteiger partial charge in [-0.1, -0.05) is 0 Å². The summed E-state index contributed by atoms with van der Waals surface area (Å²) in [5, 5.41) is 9.36. The van der Waals surface area contributed by atoms with Gasteiger partial charge in [-0.25, -0.2) is 18.6 Å². The summed E-state index contributed by atoms with van der Waals surface area (Å²) in [6.07, 6.45) is -2.99. The SMILES string of the molecule is COC(=O)c1cc(CCl)c(O)c(C(F)F)n1. The largest absolute Gasteiger partial charge is 0.505 e. The molecule has 0 aliphatic heterocycles. The van der Waals surface area contributed by atoms with Crippen LogP contribution in [0.1, 0.15) is 28.2 Å². The molecule has 7 heteroatoms. The molecule has 0 aliphatic carbocycles. The van der Waals surface area contributed by atoms with Crippen LogP contribution < -0.4 is 0 Å². The fourth-order valence-electron chi connectivity index (χ4n) is 1.08. The molecule has 1 heterocycles. The topological polar surface area (TPSA) is 59.4 Å². The summed E-state index contributed by atoms with van der Waals surface area (Å²) < 4.78 is 29.3. The van der Waals surface area contributed by atoms with Gasteiger partial charge in [-0.05, 0) is 6.07 Å². The number of halogens is 3. The molecule has 16 heavy (non-hydrogen) atoms. The summed E-state index contributed by atoms with van der Waals surface area (Å²) in [6, 6.07) is 1.11. The molecule has 0 fully saturated rings. The number of esters is 1. The average Bonchev–Trinajstić information content (AvgIpc) is 2.27. The molecule has 0 amide bonds. The van der Waals surface area contributed by atoms with Crippen molar-refractivity contribution in [3.05, 3.63) is 23.0 Å². The molecule has 0 aromatic carbocycles. The predicted molar refractivity (Wildman–Crippen MR) is 51.8 cm³/mol. The van der Waals surface area contributed by atoms with Crippen LogP contribution in [0.15, 0.2) is 6.07 Å². The summed E-state index contributed by atoms with van der Waals surface area (Å²) in [4.78, 5) is 14.4. The molecule has 88 valence electrons. The molecule has 1 N–H and O–H groups in total. The van der Waals surface area contributed by atoms with Crippen LogP contribution in [0.2, 0.25) is 0 Å². The molecule has 4 nitrogen and oxygen atoms in total. The number of nitrogens with zero attached hydrogens (tertiary/aromatic N) is 1. The van der Waals surface area contributed by atoms with Crippen molar-refractivity contribution >= 4 is 17.6 Å². The number of alkyl halides is 3. The van der Waals surface area contributed by atoms with E-state index >= 15 is 0 Å². The summed E-state index contributed by atoms with van der Waals surface area (Å²) in [5.41, 5.74) is -1.18. The van der Waals surface area contributed by atoms with Gasteiger partial charge < -0.3 is 9.84 Å². The van der Waals surface area contributed by atoms with Gasteiger partial charge >= 0.3 is 5.97 Å². The first kappa shape index (κ1) is 12.6. The second-order valence-electron chi connectivity index (χ2n) is 2.83. The molecule has 0 aliphatic rings. The zero-order chi connectivity index (χ0) is 12.3. The van der Waals surface area contributed by atoms with E-state index in [4.69, 9.17) is 11.6 Å². The first-order valence-corrected chi connectivity index (χ1v) is 4.70. The van der Waals surface area contributed by atoms with Crippen molar-refractivity contribution in [2.24, 2.45) is 0 Å². The average molecular weight is 252 g/mol. The highest BCUT2D eigenvalue weighted by Crippen LogP contribution is 2.31. The zero-order valence-electron chi connectivity index (χ0n) is 8.21. The fraction of sp³-hybridized carbons (Fsp3) is 0.333. The molecule has 0 saturated carbocycles. The zero-order valence-corrected chi connectivity index (χ0v) is 8.96. The Kier molecular flexibility index (Phi) is 4.00. The normalized spacial score (nSPS) is 10.6. The van der Waals surface area contributed by atoms with E-state index in [9.17, 15) is 18.7 Å². The Morgan fingerprint density at radius 2 is 2.31 bits per heavy atom. The van der Waals surface area contributed by atoms with Crippen molar-refractivity contribution < 1.29 is 23.4 Å². The maximum absolute atomic E-state index is 12.5. The minimum absolute atomic E-state index is 0.00682. The highest BCUT2D eigenvalue weighted by molar-refractivity contribution is 6.17. The van der Waals surface area contributed by atoms with Gasteiger partial charge in [-0.2, -0.15) is 0 Å². The fourth-order valence-corrected chi connectivity index (χ4v) is 1.28. The number of methoxy groups -OCH3 is 1. The van der Waals surface area contributed by atoms with Crippen LogP contribution in [-0.2, 0) is 10.6 Å². The number of aromatic nitrogens is 1. The van der Waals surface area contributed by atoms with Crippen LogP contribution in [0.3, 0.4) is 0 Å². The lowest BCUT2D eigenvalue weighted by Gasteiger charge is -2.08. The van der Waals surface area contributed by atoms with E-state index < -0.39 is 23.8 Å². The van der Waals surface area contributed by atoms with Gasteiger partial charge in [-0.15, -0.1) is 11.6 Å². The molecule has 0 atom stereocenters. The first-order chi connectivity index (χ1) is 7.51. The number of carbonyl (C=O) groups excluding carboxylic acids is 1. The van der Waals surface area contributed by atoms with Crippen LogP contribution in [0, 0.1) is 0 Å². The summed E-state index contributed by atoms with van der Waals surface area (Å²) in [7, 11) is 1.10. The molecule has 1 aromatic rings. The van der Waals surface area contributed by atoms with Crippen LogP contribution in [0.4, 0.5) is 8.78 Å². The van der Waals surface area contributed by atoms with Gasteiger partial charge in [0.25, 0.3) is 6.43 Å². The number of ether oxygens (including phenoxy) is 1. The van der Waals surface area contributed by atoms with E-state index in [0.717, 1.165) is 13.2 Å². The van der Waals surface area contributed by atoms with Crippen molar-refractivity contribution in [1.82, 2.24) is 4.98 Å². The molecule has 0 spiro atoms. The van der Waals surface area contributed by atoms with Crippen molar-refractivity contribution in [1.29, 1.82) is 0 Å². The molecule has 1 aromatic heterocycles. The highest BCUT2D eigenvalue weighted by Gasteiger charge is 2.21. The second kappa shape index (κ2) is 5.07. The molecule has 1 rings (SSSR count). The van der Waals surface area contributed by atoms with Crippen LogP contribution in [0.25, 0.3) is 0 Å². The maximum Gasteiger partial charge on any atom is 0.356 e. The minimum atomic E-state index is -2.99. The highest BCUT2D eigenvalue weighted by atomic mass is 35.5. The summed E-state index contributed by atoms with van der Waals surface area (Å²) in [6.45, 7) is 0. The molecular formula is C9H8ClF2NO3. The van der Waals surface area contributed by atoms with Crippen molar-refractivity contribution in [3.8, 4) is 5.75 Å². The van der Waals surface area contributed by atoms with E-state index in [0.29, 0.717) is 0 Å². The Bertz CT molecular complexity index is 412. The van der Waals surface area contributed by atoms with E-state index in [1.54, 1.807) is 0 Å². The van der Waals surface area contributed by atoms with Gasteiger partial charge in [0.15, 0.2) is 0 Å². The Morgan fingerprint density at radius 1 is 1.69 bits per heavy atom. The molecule has 0 bridgehead atoms. The third-order valence-corrected chi connectivity index (χ3v) is 2.13. The van der Waals surface area contributed by atoms with Crippen LogP contribution in [-0.4, -0.2) is 23.2 Å². The van der Waals surface area contributed by atoms with Crippen LogP contribution >= 0.6 is 11.6 Å². The number of rotatable bonds is 3. The Hall–Kier alpha value is -1.43. The minimum Gasteiger partial charge on any atom is -0.505 e. The molecule has 0 radical (unpaired) electrons. The number of pyridine rings is 1. The standard InChI is InChI=1S/C9H8ClF2NO3/c1-16-9(15)5-2-4(3-10)7(14)6(13-5)8(11)12/h2,8,14H,3H2,1H3. The smallest absolute Gasteiger partial charge is 0.356 e. The van der Waals surface area contributed by atoms with Gasteiger partial charge in [0, 0.05) is 5.56 Å². The maximum atomic E-state index is 12.5. The molecule has 0 unspecified atom stereocenters. The number of hydrogen-bond donors (Lipinski definition) is 1. The Labute approximate surface area is 94.8 Å². The first-order valence-electron chi connectivity index (χ1n) is 4.16. The number of hydrogen-bond acceptors (Lipinski definition) is 4. The lowest BCUT2D eigenvalue weighted by Crippen LogP contribution is -2.08. The number of carbonyl (C=O) groups is 1. The third-order valence-electron chi connectivity index (χ3n) is 1.84.